The van der Waals surface area contributed by atoms with Crippen molar-refractivity contribution in [1.82, 2.24) is 30.0 Å². The summed E-state index contributed by atoms with van der Waals surface area (Å²) in [6.45, 7) is 3.80. The topological polar surface area (TPSA) is 75.3 Å². The lowest BCUT2D eigenvalue weighted by atomic mass is 9.85. The van der Waals surface area contributed by atoms with E-state index in [0.717, 1.165) is 41.9 Å². The van der Waals surface area contributed by atoms with Crippen LogP contribution in [0.25, 0.3) is 5.65 Å². The standard InChI is InChI=1S/C18H22N8/c1-12-6-7-15(20-19-12)24(2)14-10-25(11-14)17-9-8-16-21-22-18(26(16)23-17)13-4-3-5-13/h6-9,13-14H,3-5,10-11H2,1-2H3. The predicted molar refractivity (Wildman–Crippen MR) is 98.5 cm³/mol. The molecule has 0 amide bonds. The van der Waals surface area contributed by atoms with Gasteiger partial charge in [-0.2, -0.15) is 9.61 Å². The van der Waals surface area contributed by atoms with Crippen molar-refractivity contribution in [2.24, 2.45) is 0 Å². The molecule has 1 aliphatic carbocycles. The molecule has 0 bridgehead atoms. The lowest BCUT2D eigenvalue weighted by molar-refractivity contribution is 0.394. The molecule has 1 saturated heterocycles. The van der Waals surface area contributed by atoms with Gasteiger partial charge in [-0.3, -0.25) is 0 Å². The first-order valence-electron chi connectivity index (χ1n) is 9.19. The van der Waals surface area contributed by atoms with Gasteiger partial charge in [0.25, 0.3) is 0 Å². The first-order valence-corrected chi connectivity index (χ1v) is 9.19. The van der Waals surface area contributed by atoms with Crippen LogP contribution in [0.15, 0.2) is 24.3 Å². The molecule has 26 heavy (non-hydrogen) atoms. The monoisotopic (exact) mass is 350 g/mol. The third kappa shape index (κ3) is 2.48. The molecule has 0 unspecified atom stereocenters. The van der Waals surface area contributed by atoms with Crippen molar-refractivity contribution in [3.8, 4) is 0 Å². The van der Waals surface area contributed by atoms with E-state index in [-0.39, 0.29) is 0 Å². The fourth-order valence-corrected chi connectivity index (χ4v) is 3.54. The summed E-state index contributed by atoms with van der Waals surface area (Å²) in [6, 6.07) is 8.49. The minimum Gasteiger partial charge on any atom is -0.352 e. The van der Waals surface area contributed by atoms with Crippen LogP contribution in [0.4, 0.5) is 11.6 Å². The maximum absolute atomic E-state index is 4.81. The highest BCUT2D eigenvalue weighted by Crippen LogP contribution is 2.35. The van der Waals surface area contributed by atoms with E-state index in [1.165, 1.54) is 19.3 Å². The number of fused-ring (bicyclic) bond motifs is 1. The highest BCUT2D eigenvalue weighted by Gasteiger charge is 2.32. The van der Waals surface area contributed by atoms with Crippen LogP contribution in [0.1, 0.15) is 36.7 Å². The molecule has 2 aliphatic rings. The summed E-state index contributed by atoms with van der Waals surface area (Å²) in [5, 5.41) is 21.9. The van der Waals surface area contributed by atoms with E-state index in [0.29, 0.717) is 12.0 Å². The van der Waals surface area contributed by atoms with Crippen molar-refractivity contribution in [3.63, 3.8) is 0 Å². The summed E-state index contributed by atoms with van der Waals surface area (Å²) in [7, 11) is 2.08. The Hall–Kier alpha value is -2.77. The zero-order valence-electron chi connectivity index (χ0n) is 15.1. The van der Waals surface area contributed by atoms with Crippen molar-refractivity contribution < 1.29 is 0 Å². The normalized spacial score (nSPS) is 18.0. The first-order chi connectivity index (χ1) is 12.7. The second-order valence-corrected chi connectivity index (χ2v) is 7.35. The molecule has 2 fully saturated rings. The molecule has 3 aromatic rings. The third-order valence-corrected chi connectivity index (χ3v) is 5.62. The first kappa shape index (κ1) is 15.5. The molecule has 8 nitrogen and oxygen atoms in total. The Morgan fingerprint density at radius 3 is 2.54 bits per heavy atom. The van der Waals surface area contributed by atoms with Crippen LogP contribution in [0.5, 0.6) is 0 Å². The van der Waals surface area contributed by atoms with Crippen LogP contribution >= 0.6 is 0 Å². The maximum Gasteiger partial charge on any atom is 0.178 e. The van der Waals surface area contributed by atoms with E-state index < -0.39 is 0 Å². The highest BCUT2D eigenvalue weighted by atomic mass is 15.4. The van der Waals surface area contributed by atoms with Crippen molar-refractivity contribution in [2.75, 3.05) is 29.9 Å². The molecule has 5 rings (SSSR count). The Labute approximate surface area is 151 Å². The van der Waals surface area contributed by atoms with Gasteiger partial charge >= 0.3 is 0 Å². The minimum absolute atomic E-state index is 0.413. The van der Waals surface area contributed by atoms with E-state index in [1.807, 2.05) is 35.7 Å². The number of rotatable bonds is 4. The molecule has 8 heteroatoms. The summed E-state index contributed by atoms with van der Waals surface area (Å²) in [5.74, 6) is 3.42. The van der Waals surface area contributed by atoms with Crippen molar-refractivity contribution >= 4 is 17.3 Å². The molecular weight excluding hydrogens is 328 g/mol. The van der Waals surface area contributed by atoms with Crippen LogP contribution in [0.3, 0.4) is 0 Å². The largest absolute Gasteiger partial charge is 0.352 e. The van der Waals surface area contributed by atoms with Crippen molar-refractivity contribution in [3.05, 3.63) is 35.8 Å². The molecule has 134 valence electrons. The summed E-state index contributed by atoms with van der Waals surface area (Å²) in [6.07, 6.45) is 3.67. The maximum atomic E-state index is 4.81. The van der Waals surface area contributed by atoms with Gasteiger partial charge < -0.3 is 9.80 Å². The van der Waals surface area contributed by atoms with Gasteiger partial charge in [-0.1, -0.05) is 6.42 Å². The number of hydrogen-bond donors (Lipinski definition) is 0. The molecule has 1 aliphatic heterocycles. The van der Waals surface area contributed by atoms with Gasteiger partial charge in [0.05, 0.1) is 11.7 Å². The Kier molecular flexibility index (Phi) is 3.51. The summed E-state index contributed by atoms with van der Waals surface area (Å²) in [4.78, 5) is 4.48. The van der Waals surface area contributed by atoms with Crippen LogP contribution < -0.4 is 9.80 Å². The Bertz CT molecular complexity index is 924. The van der Waals surface area contributed by atoms with Gasteiger partial charge in [-0.05, 0) is 44.0 Å². The van der Waals surface area contributed by atoms with Crippen LogP contribution in [0, 0.1) is 6.92 Å². The number of aromatic nitrogens is 6. The Balaban J connectivity index is 1.31. The SMILES string of the molecule is Cc1ccc(N(C)C2CN(c3ccc4nnc(C5CCC5)n4n3)C2)nn1. The van der Waals surface area contributed by atoms with Gasteiger partial charge in [0.2, 0.25) is 0 Å². The summed E-state index contributed by atoms with van der Waals surface area (Å²) >= 11 is 0. The van der Waals surface area contributed by atoms with E-state index >= 15 is 0 Å². The predicted octanol–water partition coefficient (Wildman–Crippen LogP) is 1.82. The van der Waals surface area contributed by atoms with Gasteiger partial charge in [-0.25, -0.2) is 0 Å². The van der Waals surface area contributed by atoms with E-state index in [2.05, 4.69) is 37.2 Å². The van der Waals surface area contributed by atoms with Crippen molar-refractivity contribution in [1.29, 1.82) is 0 Å². The molecule has 3 aromatic heterocycles. The quantitative estimate of drug-likeness (QED) is 0.710. The fourth-order valence-electron chi connectivity index (χ4n) is 3.54. The minimum atomic E-state index is 0.413. The van der Waals surface area contributed by atoms with E-state index in [4.69, 9.17) is 5.10 Å². The summed E-state index contributed by atoms with van der Waals surface area (Å²) in [5.41, 5.74) is 1.77. The van der Waals surface area contributed by atoms with Gasteiger partial charge in [0.15, 0.2) is 17.3 Å². The number of aryl methyl sites for hydroxylation is 1. The highest BCUT2D eigenvalue weighted by molar-refractivity contribution is 5.50. The molecule has 0 spiro atoms. The zero-order valence-corrected chi connectivity index (χ0v) is 15.1. The van der Waals surface area contributed by atoms with Gasteiger partial charge in [-0.15, -0.1) is 20.4 Å². The van der Waals surface area contributed by atoms with E-state index in [1.54, 1.807) is 0 Å². The van der Waals surface area contributed by atoms with Crippen molar-refractivity contribution in [2.45, 2.75) is 38.1 Å². The van der Waals surface area contributed by atoms with Gasteiger partial charge in [0, 0.05) is 26.1 Å². The van der Waals surface area contributed by atoms with Gasteiger partial charge in [0.1, 0.15) is 5.82 Å². The third-order valence-electron chi connectivity index (χ3n) is 5.62. The lowest BCUT2D eigenvalue weighted by Gasteiger charge is -2.44. The Morgan fingerprint density at radius 1 is 1.00 bits per heavy atom. The molecule has 0 radical (unpaired) electrons. The fraction of sp³-hybridized carbons (Fsp3) is 0.500. The number of hydrogen-bond acceptors (Lipinski definition) is 7. The molecule has 0 N–H and O–H groups in total. The smallest absolute Gasteiger partial charge is 0.178 e. The van der Waals surface area contributed by atoms with Crippen LogP contribution in [-0.2, 0) is 0 Å². The molecule has 1 saturated carbocycles. The Morgan fingerprint density at radius 2 is 1.85 bits per heavy atom. The second kappa shape index (κ2) is 5.89. The molecular formula is C18H22N8. The lowest BCUT2D eigenvalue weighted by Crippen LogP contribution is -2.59. The number of nitrogens with zero attached hydrogens (tertiary/aromatic N) is 8. The second-order valence-electron chi connectivity index (χ2n) is 7.35. The van der Waals surface area contributed by atoms with E-state index in [9.17, 15) is 0 Å². The average molecular weight is 350 g/mol. The van der Waals surface area contributed by atoms with Crippen LogP contribution in [0.2, 0.25) is 0 Å². The number of likely N-dealkylation sites (N-methyl/N-ethyl adjacent to an activating group) is 1. The zero-order chi connectivity index (χ0) is 17.7. The average Bonchev–Trinajstić information content (AvgIpc) is 2.96. The molecule has 0 atom stereocenters. The molecule has 4 heterocycles. The number of anilines is 2. The van der Waals surface area contributed by atoms with Crippen LogP contribution in [-0.4, -0.2) is 56.2 Å². The summed E-state index contributed by atoms with van der Waals surface area (Å²) < 4.78 is 1.93. The molecule has 0 aromatic carbocycles.